The number of carboxylic acids is 1. The van der Waals surface area contributed by atoms with Gasteiger partial charge in [0.2, 0.25) is 0 Å². The summed E-state index contributed by atoms with van der Waals surface area (Å²) in [7, 11) is 0. The number of thiocarbonyl (C=S) groups is 1. The van der Waals surface area contributed by atoms with E-state index < -0.39 is 12.6 Å². The number of carbonyl (C=O) groups is 2. The lowest BCUT2D eigenvalue weighted by atomic mass is 10.0. The molecule has 2 aromatic carbocycles. The predicted octanol–water partition coefficient (Wildman–Crippen LogP) is 2.79. The third-order valence-corrected chi connectivity index (χ3v) is 4.34. The fourth-order valence-electron chi connectivity index (χ4n) is 2.23. The number of carboxylic acid groups (broad SMARTS) is 1. The second kappa shape index (κ2) is 6.39. The van der Waals surface area contributed by atoms with Gasteiger partial charge >= 0.3 is 5.97 Å². The zero-order valence-corrected chi connectivity index (χ0v) is 13.4. The quantitative estimate of drug-likeness (QED) is 0.656. The summed E-state index contributed by atoms with van der Waals surface area (Å²) in [5.41, 5.74) is 0.632. The van der Waals surface area contributed by atoms with Crippen molar-refractivity contribution < 1.29 is 19.4 Å². The summed E-state index contributed by atoms with van der Waals surface area (Å²) in [6.07, 6.45) is 1.66. The van der Waals surface area contributed by atoms with Crippen molar-refractivity contribution in [2.45, 2.75) is 0 Å². The maximum Gasteiger partial charge on any atom is 0.341 e. The minimum absolute atomic E-state index is 0.266. The summed E-state index contributed by atoms with van der Waals surface area (Å²) in [6.45, 7) is -0.456. The standard InChI is InChI=1S/C16H11NO4S2/c18-13(19)8-21-14-10(7-12-15(20)17-16(22)23-12)6-5-9-3-1-2-4-11(9)14/h1-7H,8H2,(H,18,19)(H,17,20,22). The summed E-state index contributed by atoms with van der Waals surface area (Å²) < 4.78 is 5.86. The first-order valence-corrected chi connectivity index (χ1v) is 7.88. The molecule has 5 nitrogen and oxygen atoms in total. The zero-order chi connectivity index (χ0) is 16.4. The number of nitrogens with one attached hydrogen (secondary N) is 1. The molecule has 2 N–H and O–H groups in total. The first-order valence-electron chi connectivity index (χ1n) is 6.66. The molecule has 0 bridgehead atoms. The van der Waals surface area contributed by atoms with Gasteiger partial charge in [0.05, 0.1) is 4.91 Å². The van der Waals surface area contributed by atoms with Gasteiger partial charge in [-0.15, -0.1) is 0 Å². The Hall–Kier alpha value is -2.38. The summed E-state index contributed by atoms with van der Waals surface area (Å²) in [6, 6.07) is 11.2. The summed E-state index contributed by atoms with van der Waals surface area (Å²) in [5, 5.41) is 13.1. The van der Waals surface area contributed by atoms with Crippen LogP contribution in [-0.2, 0) is 9.59 Å². The van der Waals surface area contributed by atoms with Crippen molar-refractivity contribution in [3.05, 3.63) is 46.9 Å². The Morgan fingerprint density at radius 1 is 1.30 bits per heavy atom. The minimum Gasteiger partial charge on any atom is -0.481 e. The molecule has 116 valence electrons. The van der Waals surface area contributed by atoms with Crippen LogP contribution in [0.1, 0.15) is 5.56 Å². The fourth-order valence-corrected chi connectivity index (χ4v) is 3.27. The molecular formula is C16H11NO4S2. The Labute approximate surface area is 141 Å². The highest BCUT2D eigenvalue weighted by molar-refractivity contribution is 8.26. The molecule has 23 heavy (non-hydrogen) atoms. The predicted molar refractivity (Wildman–Crippen MR) is 93.4 cm³/mol. The maximum atomic E-state index is 11.8. The number of amides is 1. The van der Waals surface area contributed by atoms with Crippen molar-refractivity contribution in [1.29, 1.82) is 0 Å². The van der Waals surface area contributed by atoms with Crippen LogP contribution >= 0.6 is 24.0 Å². The maximum absolute atomic E-state index is 11.8. The lowest BCUT2D eigenvalue weighted by molar-refractivity contribution is -0.139. The van der Waals surface area contributed by atoms with Crippen LogP contribution in [0.25, 0.3) is 16.8 Å². The number of ether oxygens (including phenoxy) is 1. The van der Waals surface area contributed by atoms with Crippen molar-refractivity contribution in [3.8, 4) is 5.75 Å². The van der Waals surface area contributed by atoms with Crippen LogP contribution in [-0.4, -0.2) is 27.9 Å². The molecule has 0 spiro atoms. The minimum atomic E-state index is -1.06. The molecule has 0 atom stereocenters. The van der Waals surface area contributed by atoms with Crippen molar-refractivity contribution in [1.82, 2.24) is 5.32 Å². The highest BCUT2D eigenvalue weighted by Gasteiger charge is 2.23. The Bertz CT molecular complexity index is 860. The Morgan fingerprint density at radius 2 is 2.09 bits per heavy atom. The molecule has 1 amide bonds. The van der Waals surface area contributed by atoms with E-state index >= 15 is 0 Å². The van der Waals surface area contributed by atoms with Crippen molar-refractivity contribution in [3.63, 3.8) is 0 Å². The summed E-state index contributed by atoms with van der Waals surface area (Å²) >= 11 is 6.13. The molecule has 1 aliphatic rings. The summed E-state index contributed by atoms with van der Waals surface area (Å²) in [4.78, 5) is 23.1. The number of hydrogen-bond acceptors (Lipinski definition) is 5. The van der Waals surface area contributed by atoms with Gasteiger partial charge in [0.25, 0.3) is 5.91 Å². The lowest BCUT2D eigenvalue weighted by Crippen LogP contribution is -2.17. The van der Waals surface area contributed by atoms with Crippen molar-refractivity contribution in [2.24, 2.45) is 0 Å². The van der Waals surface area contributed by atoms with Gasteiger partial charge in [-0.2, -0.15) is 0 Å². The molecule has 7 heteroatoms. The SMILES string of the molecule is O=C(O)COc1c(C=C2SC(=S)NC2=O)ccc2ccccc12. The summed E-state index contributed by atoms with van der Waals surface area (Å²) in [5.74, 6) is -0.896. The van der Waals surface area contributed by atoms with E-state index in [9.17, 15) is 9.59 Å². The van der Waals surface area contributed by atoms with E-state index in [0.29, 0.717) is 20.5 Å². The van der Waals surface area contributed by atoms with Gasteiger partial charge in [-0.25, -0.2) is 4.79 Å². The second-order valence-electron chi connectivity index (χ2n) is 4.74. The van der Waals surface area contributed by atoms with Crippen molar-refractivity contribution >= 4 is 57.0 Å². The Kier molecular flexibility index (Phi) is 4.31. The van der Waals surface area contributed by atoms with Gasteiger partial charge in [-0.1, -0.05) is 60.4 Å². The first kappa shape index (κ1) is 15.5. The molecule has 0 radical (unpaired) electrons. The van der Waals surface area contributed by atoms with Crippen LogP contribution in [0, 0.1) is 0 Å². The third-order valence-electron chi connectivity index (χ3n) is 3.18. The van der Waals surface area contributed by atoms with Gasteiger partial charge < -0.3 is 15.2 Å². The highest BCUT2D eigenvalue weighted by atomic mass is 32.2. The average molecular weight is 345 g/mol. The molecule has 0 saturated carbocycles. The van der Waals surface area contributed by atoms with Crippen LogP contribution in [0.15, 0.2) is 41.3 Å². The second-order valence-corrected chi connectivity index (χ2v) is 6.46. The molecule has 0 unspecified atom stereocenters. The molecule has 1 saturated heterocycles. The van der Waals surface area contributed by atoms with E-state index in [-0.39, 0.29) is 5.91 Å². The number of fused-ring (bicyclic) bond motifs is 1. The molecule has 1 aliphatic heterocycles. The van der Waals surface area contributed by atoms with Gasteiger partial charge in [-0.3, -0.25) is 4.79 Å². The average Bonchev–Trinajstić information content (AvgIpc) is 2.83. The third kappa shape index (κ3) is 3.35. The Morgan fingerprint density at radius 3 is 2.78 bits per heavy atom. The van der Waals surface area contributed by atoms with Gasteiger partial charge in [0.15, 0.2) is 6.61 Å². The van der Waals surface area contributed by atoms with Gasteiger partial charge in [0.1, 0.15) is 10.1 Å². The van der Waals surface area contributed by atoms with Crippen molar-refractivity contribution in [2.75, 3.05) is 6.61 Å². The monoisotopic (exact) mass is 345 g/mol. The molecular weight excluding hydrogens is 334 g/mol. The lowest BCUT2D eigenvalue weighted by Gasteiger charge is -2.11. The molecule has 2 aromatic rings. The topological polar surface area (TPSA) is 75.6 Å². The zero-order valence-electron chi connectivity index (χ0n) is 11.7. The fraction of sp³-hybridized carbons (Fsp3) is 0.0625. The van der Waals surface area contributed by atoms with E-state index in [1.54, 1.807) is 12.1 Å². The first-order chi connectivity index (χ1) is 11.0. The highest BCUT2D eigenvalue weighted by Crippen LogP contribution is 2.34. The molecule has 0 aromatic heterocycles. The van der Waals surface area contributed by atoms with E-state index in [1.807, 2.05) is 30.3 Å². The smallest absolute Gasteiger partial charge is 0.341 e. The number of hydrogen-bond donors (Lipinski definition) is 2. The number of aliphatic carboxylic acids is 1. The van der Waals surface area contributed by atoms with Crippen LogP contribution < -0.4 is 10.1 Å². The van der Waals surface area contributed by atoms with E-state index in [4.69, 9.17) is 22.1 Å². The van der Waals surface area contributed by atoms with E-state index in [1.165, 1.54) is 11.8 Å². The van der Waals surface area contributed by atoms with Crippen LogP contribution in [0.3, 0.4) is 0 Å². The van der Waals surface area contributed by atoms with Gasteiger partial charge in [0, 0.05) is 10.9 Å². The van der Waals surface area contributed by atoms with Gasteiger partial charge in [-0.05, 0) is 11.5 Å². The van der Waals surface area contributed by atoms with E-state index in [2.05, 4.69) is 5.32 Å². The number of rotatable bonds is 4. The number of carbonyl (C=O) groups excluding carboxylic acids is 1. The molecule has 3 rings (SSSR count). The molecule has 0 aliphatic carbocycles. The van der Waals surface area contributed by atoms with Crippen LogP contribution in [0.5, 0.6) is 5.75 Å². The molecule has 1 heterocycles. The number of benzene rings is 2. The normalized spacial score (nSPS) is 15.9. The van der Waals surface area contributed by atoms with E-state index in [0.717, 1.165) is 10.8 Å². The largest absolute Gasteiger partial charge is 0.481 e. The number of thioether (sulfide) groups is 1. The van der Waals surface area contributed by atoms with Crippen LogP contribution in [0.4, 0.5) is 0 Å². The molecule has 1 fully saturated rings. The Balaban J connectivity index is 2.10. The van der Waals surface area contributed by atoms with Crippen LogP contribution in [0.2, 0.25) is 0 Å².